The van der Waals surface area contributed by atoms with E-state index in [0.29, 0.717) is 35.9 Å². The molecule has 33 heavy (non-hydrogen) atoms. The predicted molar refractivity (Wildman–Crippen MR) is 124 cm³/mol. The molecular weight excluding hydrogens is 419 g/mol. The highest BCUT2D eigenvalue weighted by Gasteiger charge is 2.27. The van der Waals surface area contributed by atoms with E-state index in [2.05, 4.69) is 22.1 Å². The third-order valence-corrected chi connectivity index (χ3v) is 5.90. The first-order chi connectivity index (χ1) is 16.1. The molecule has 0 N–H and O–H groups in total. The Bertz CT molecular complexity index is 1240. The lowest BCUT2D eigenvalue weighted by Gasteiger charge is -2.34. The number of benzene rings is 2. The van der Waals surface area contributed by atoms with Gasteiger partial charge in [-0.05, 0) is 48.9 Å². The number of aryl methyl sites for hydroxylation is 1. The zero-order valence-corrected chi connectivity index (χ0v) is 18.4. The smallest absolute Gasteiger partial charge is 0.272 e. The Morgan fingerprint density at radius 3 is 2.36 bits per heavy atom. The predicted octanol–water partition coefficient (Wildman–Crippen LogP) is 4.54. The molecule has 168 valence electrons. The summed E-state index contributed by atoms with van der Waals surface area (Å²) in [6, 6.07) is 21.8. The molecule has 1 aliphatic rings. The zero-order chi connectivity index (χ0) is 22.8. The van der Waals surface area contributed by atoms with Crippen LogP contribution in [0.2, 0.25) is 0 Å². The largest absolute Gasteiger partial charge is 0.460 e. The molecule has 7 heteroatoms. The first-order valence-corrected chi connectivity index (χ1v) is 11.1. The Morgan fingerprint density at radius 2 is 1.70 bits per heavy atom. The monoisotopic (exact) mass is 444 g/mol. The summed E-state index contributed by atoms with van der Waals surface area (Å²) in [4.78, 5) is 17.7. The molecule has 2 aromatic carbocycles. The number of piperazine rings is 1. The standard InChI is InChI=1S/C26H25FN4O2/c1-19-7-12-25(33-19)23-17-24(31(28-23)22-10-8-21(27)9-11-22)26(32)30-15-13-29(14-16-30)18-20-5-3-2-4-6-20/h2-12,17H,13-16,18H2,1H3. The van der Waals surface area contributed by atoms with Crippen molar-refractivity contribution in [2.24, 2.45) is 0 Å². The number of aromatic nitrogens is 2. The van der Waals surface area contributed by atoms with Crippen LogP contribution in [0.1, 0.15) is 21.8 Å². The van der Waals surface area contributed by atoms with Crippen LogP contribution in [0.3, 0.4) is 0 Å². The van der Waals surface area contributed by atoms with Gasteiger partial charge in [0.1, 0.15) is 23.0 Å². The number of carbonyl (C=O) groups is 1. The van der Waals surface area contributed by atoms with E-state index in [1.807, 2.05) is 42.2 Å². The molecule has 3 heterocycles. The summed E-state index contributed by atoms with van der Waals surface area (Å²) >= 11 is 0. The summed E-state index contributed by atoms with van der Waals surface area (Å²) in [6.07, 6.45) is 0. The van der Waals surface area contributed by atoms with E-state index in [0.717, 1.165) is 25.4 Å². The van der Waals surface area contributed by atoms with Crippen molar-refractivity contribution < 1.29 is 13.6 Å². The van der Waals surface area contributed by atoms with E-state index in [4.69, 9.17) is 4.42 Å². The zero-order valence-electron chi connectivity index (χ0n) is 18.4. The minimum atomic E-state index is -0.338. The van der Waals surface area contributed by atoms with Crippen LogP contribution in [0.4, 0.5) is 4.39 Å². The molecule has 4 aromatic rings. The second kappa shape index (κ2) is 9.03. The molecule has 0 spiro atoms. The van der Waals surface area contributed by atoms with Gasteiger partial charge in [-0.15, -0.1) is 0 Å². The van der Waals surface area contributed by atoms with E-state index < -0.39 is 0 Å². The number of amides is 1. The normalized spacial score (nSPS) is 14.5. The van der Waals surface area contributed by atoms with Gasteiger partial charge >= 0.3 is 0 Å². The Hall–Kier alpha value is -3.71. The maximum Gasteiger partial charge on any atom is 0.272 e. The lowest BCUT2D eigenvalue weighted by atomic mass is 10.2. The lowest BCUT2D eigenvalue weighted by molar-refractivity contribution is 0.0619. The molecule has 1 saturated heterocycles. The summed E-state index contributed by atoms with van der Waals surface area (Å²) in [5.41, 5.74) is 2.89. The Kier molecular flexibility index (Phi) is 5.79. The molecule has 1 fully saturated rings. The van der Waals surface area contributed by atoms with Crippen LogP contribution >= 0.6 is 0 Å². The SMILES string of the molecule is Cc1ccc(-c2cc(C(=O)N3CCN(Cc4ccccc4)CC3)n(-c3ccc(F)cc3)n2)o1. The second-order valence-corrected chi connectivity index (χ2v) is 8.27. The van der Waals surface area contributed by atoms with E-state index in [9.17, 15) is 9.18 Å². The third-order valence-electron chi connectivity index (χ3n) is 5.90. The van der Waals surface area contributed by atoms with Crippen LogP contribution < -0.4 is 0 Å². The molecule has 5 rings (SSSR count). The van der Waals surface area contributed by atoms with Gasteiger partial charge < -0.3 is 9.32 Å². The first kappa shape index (κ1) is 21.2. The minimum Gasteiger partial charge on any atom is -0.460 e. The fourth-order valence-corrected chi connectivity index (χ4v) is 4.12. The number of furan rings is 1. The van der Waals surface area contributed by atoms with E-state index in [1.165, 1.54) is 17.7 Å². The van der Waals surface area contributed by atoms with Crippen molar-refractivity contribution >= 4 is 5.91 Å². The molecule has 0 radical (unpaired) electrons. The number of carbonyl (C=O) groups excluding carboxylic acids is 1. The summed E-state index contributed by atoms with van der Waals surface area (Å²) in [7, 11) is 0. The van der Waals surface area contributed by atoms with Crippen LogP contribution in [0.25, 0.3) is 17.1 Å². The van der Waals surface area contributed by atoms with Gasteiger partial charge in [0.05, 0.1) is 5.69 Å². The Morgan fingerprint density at radius 1 is 0.970 bits per heavy atom. The molecule has 0 bridgehead atoms. The molecule has 6 nitrogen and oxygen atoms in total. The topological polar surface area (TPSA) is 54.5 Å². The van der Waals surface area contributed by atoms with Crippen LogP contribution in [0.15, 0.2) is 77.2 Å². The molecule has 2 aromatic heterocycles. The van der Waals surface area contributed by atoms with Crippen molar-refractivity contribution in [1.29, 1.82) is 0 Å². The highest BCUT2D eigenvalue weighted by Crippen LogP contribution is 2.25. The average molecular weight is 445 g/mol. The number of nitrogens with zero attached hydrogens (tertiary/aromatic N) is 4. The van der Waals surface area contributed by atoms with Crippen LogP contribution in [0.5, 0.6) is 0 Å². The van der Waals surface area contributed by atoms with Gasteiger partial charge in [0.2, 0.25) is 0 Å². The summed E-state index contributed by atoms with van der Waals surface area (Å²) in [5, 5.41) is 4.62. The maximum atomic E-state index is 13.5. The van der Waals surface area contributed by atoms with Crippen molar-refractivity contribution in [3.63, 3.8) is 0 Å². The van der Waals surface area contributed by atoms with Gasteiger partial charge in [0, 0.05) is 38.8 Å². The van der Waals surface area contributed by atoms with Gasteiger partial charge in [0.15, 0.2) is 5.76 Å². The van der Waals surface area contributed by atoms with Crippen molar-refractivity contribution in [2.45, 2.75) is 13.5 Å². The average Bonchev–Trinajstić information content (AvgIpc) is 3.47. The minimum absolute atomic E-state index is 0.0966. The number of hydrogen-bond donors (Lipinski definition) is 0. The highest BCUT2D eigenvalue weighted by molar-refractivity contribution is 5.94. The molecular formula is C26H25FN4O2. The molecule has 0 atom stereocenters. The Balaban J connectivity index is 1.38. The Labute approximate surface area is 191 Å². The second-order valence-electron chi connectivity index (χ2n) is 8.27. The number of rotatable bonds is 5. The van der Waals surface area contributed by atoms with Gasteiger partial charge in [0.25, 0.3) is 5.91 Å². The third kappa shape index (κ3) is 4.59. The van der Waals surface area contributed by atoms with Crippen molar-refractivity contribution in [3.8, 4) is 17.1 Å². The highest BCUT2D eigenvalue weighted by atomic mass is 19.1. The van der Waals surface area contributed by atoms with Gasteiger partial charge in [-0.3, -0.25) is 9.69 Å². The van der Waals surface area contributed by atoms with Crippen LogP contribution in [-0.2, 0) is 6.54 Å². The first-order valence-electron chi connectivity index (χ1n) is 11.1. The van der Waals surface area contributed by atoms with E-state index >= 15 is 0 Å². The van der Waals surface area contributed by atoms with Gasteiger partial charge in [-0.25, -0.2) is 9.07 Å². The van der Waals surface area contributed by atoms with Crippen molar-refractivity contribution in [3.05, 3.63) is 95.6 Å². The lowest BCUT2D eigenvalue weighted by Crippen LogP contribution is -2.48. The van der Waals surface area contributed by atoms with Crippen LogP contribution in [-0.4, -0.2) is 51.7 Å². The van der Waals surface area contributed by atoms with E-state index in [-0.39, 0.29) is 11.7 Å². The molecule has 1 aliphatic heterocycles. The fourth-order valence-electron chi connectivity index (χ4n) is 4.12. The summed E-state index contributed by atoms with van der Waals surface area (Å²) in [5.74, 6) is 0.926. The van der Waals surface area contributed by atoms with Gasteiger partial charge in [-0.1, -0.05) is 30.3 Å². The van der Waals surface area contributed by atoms with Crippen molar-refractivity contribution in [1.82, 2.24) is 19.6 Å². The maximum absolute atomic E-state index is 13.5. The van der Waals surface area contributed by atoms with Crippen LogP contribution in [0, 0.1) is 12.7 Å². The number of halogens is 1. The molecule has 0 saturated carbocycles. The molecule has 0 unspecified atom stereocenters. The number of hydrogen-bond acceptors (Lipinski definition) is 4. The molecule has 0 aliphatic carbocycles. The van der Waals surface area contributed by atoms with E-state index in [1.54, 1.807) is 22.9 Å². The summed E-state index contributed by atoms with van der Waals surface area (Å²) in [6.45, 7) is 5.61. The quantitative estimate of drug-likeness (QED) is 0.454. The fraction of sp³-hybridized carbons (Fsp3) is 0.231. The van der Waals surface area contributed by atoms with Crippen molar-refractivity contribution in [2.75, 3.05) is 26.2 Å². The molecule has 1 amide bonds. The van der Waals surface area contributed by atoms with Gasteiger partial charge in [-0.2, -0.15) is 5.10 Å². The summed E-state index contributed by atoms with van der Waals surface area (Å²) < 4.78 is 20.8.